The van der Waals surface area contributed by atoms with Crippen LogP contribution in [0.15, 0.2) is 59.0 Å². The Morgan fingerprint density at radius 1 is 1.12 bits per heavy atom. The van der Waals surface area contributed by atoms with Crippen molar-refractivity contribution >= 4 is 6.09 Å². The summed E-state index contributed by atoms with van der Waals surface area (Å²) in [6.07, 6.45) is -0.0758. The molecule has 2 aromatic carbocycles. The highest BCUT2D eigenvalue weighted by molar-refractivity contribution is 5.68. The number of ether oxygens (including phenoxy) is 2. The van der Waals surface area contributed by atoms with Crippen molar-refractivity contribution in [3.8, 4) is 17.2 Å². The summed E-state index contributed by atoms with van der Waals surface area (Å²) in [4.78, 5) is 16.5. The van der Waals surface area contributed by atoms with Crippen LogP contribution in [0, 0.1) is 6.92 Å². The van der Waals surface area contributed by atoms with Gasteiger partial charge in [-0.3, -0.25) is 0 Å². The third-order valence-corrected chi connectivity index (χ3v) is 4.64. The highest BCUT2D eigenvalue weighted by Gasteiger charge is 2.19. The highest BCUT2D eigenvalue weighted by atomic mass is 16.6. The molecule has 1 atom stereocenters. The minimum atomic E-state index is -0.590. The van der Waals surface area contributed by atoms with Crippen LogP contribution in [0.4, 0.5) is 4.79 Å². The average Bonchev–Trinajstić information content (AvgIpc) is 3.12. The average molecular weight is 439 g/mol. The number of amides is 1. The lowest BCUT2D eigenvalue weighted by Crippen LogP contribution is -2.42. The van der Waals surface area contributed by atoms with E-state index < -0.39 is 17.7 Å². The second-order valence-electron chi connectivity index (χ2n) is 8.55. The number of aliphatic hydroxyl groups is 1. The van der Waals surface area contributed by atoms with Crippen molar-refractivity contribution in [1.82, 2.24) is 10.3 Å². The zero-order chi connectivity index (χ0) is 23.1. The molecule has 0 radical (unpaired) electrons. The first-order valence-corrected chi connectivity index (χ1v) is 10.6. The molecular formula is C25H30N2O5. The van der Waals surface area contributed by atoms with Gasteiger partial charge in [0.15, 0.2) is 0 Å². The van der Waals surface area contributed by atoms with Gasteiger partial charge in [0.25, 0.3) is 0 Å². The smallest absolute Gasteiger partial charge is 0.407 e. The first-order valence-electron chi connectivity index (χ1n) is 10.6. The van der Waals surface area contributed by atoms with Gasteiger partial charge in [0.1, 0.15) is 29.4 Å². The fraction of sp³-hybridized carbons (Fsp3) is 0.360. The van der Waals surface area contributed by atoms with E-state index >= 15 is 0 Å². The topological polar surface area (TPSA) is 93.8 Å². The van der Waals surface area contributed by atoms with E-state index in [4.69, 9.17) is 13.9 Å². The van der Waals surface area contributed by atoms with Crippen LogP contribution in [-0.2, 0) is 17.8 Å². The van der Waals surface area contributed by atoms with Crippen LogP contribution in [-0.4, -0.2) is 34.4 Å². The summed E-state index contributed by atoms with van der Waals surface area (Å²) < 4.78 is 16.9. The maximum absolute atomic E-state index is 11.9. The predicted molar refractivity (Wildman–Crippen MR) is 121 cm³/mol. The number of carbonyl (C=O) groups excluding carboxylic acids is 1. The molecule has 0 aliphatic heterocycles. The van der Waals surface area contributed by atoms with Crippen molar-refractivity contribution < 1.29 is 23.8 Å². The van der Waals surface area contributed by atoms with Gasteiger partial charge in [0.05, 0.1) is 12.6 Å². The van der Waals surface area contributed by atoms with E-state index in [0.717, 1.165) is 22.6 Å². The van der Waals surface area contributed by atoms with Crippen LogP contribution in [0.3, 0.4) is 0 Å². The van der Waals surface area contributed by atoms with Crippen LogP contribution in [0.25, 0.3) is 11.5 Å². The Bertz CT molecular complexity index is 1010. The third kappa shape index (κ3) is 6.85. The van der Waals surface area contributed by atoms with Crippen LogP contribution in [0.5, 0.6) is 5.75 Å². The van der Waals surface area contributed by atoms with Crippen molar-refractivity contribution in [1.29, 1.82) is 0 Å². The normalized spacial score (nSPS) is 12.3. The molecule has 0 aliphatic rings. The van der Waals surface area contributed by atoms with Gasteiger partial charge in [-0.1, -0.05) is 30.3 Å². The molecule has 3 aromatic rings. The van der Waals surface area contributed by atoms with Gasteiger partial charge < -0.3 is 24.3 Å². The molecule has 32 heavy (non-hydrogen) atoms. The Balaban J connectivity index is 1.55. The van der Waals surface area contributed by atoms with Gasteiger partial charge >= 0.3 is 6.09 Å². The number of nitrogens with zero attached hydrogens (tertiary/aromatic N) is 1. The number of carbonyl (C=O) groups is 1. The number of alkyl carbamates (subject to hydrolysis) is 1. The van der Waals surface area contributed by atoms with Crippen molar-refractivity contribution in [2.75, 3.05) is 6.61 Å². The summed E-state index contributed by atoms with van der Waals surface area (Å²) in [5, 5.41) is 12.3. The Labute approximate surface area is 188 Å². The number of nitrogens with one attached hydrogen (secondary N) is 1. The van der Waals surface area contributed by atoms with E-state index in [1.165, 1.54) is 0 Å². The lowest BCUT2D eigenvalue weighted by molar-refractivity contribution is 0.0483. The fourth-order valence-corrected chi connectivity index (χ4v) is 3.06. The number of hydrogen-bond donors (Lipinski definition) is 2. The Morgan fingerprint density at radius 2 is 1.81 bits per heavy atom. The van der Waals surface area contributed by atoms with Gasteiger partial charge in [-0.25, -0.2) is 9.78 Å². The van der Waals surface area contributed by atoms with E-state index in [1.807, 2.05) is 61.5 Å². The van der Waals surface area contributed by atoms with Crippen molar-refractivity contribution in [2.24, 2.45) is 0 Å². The minimum absolute atomic E-state index is 0.188. The summed E-state index contributed by atoms with van der Waals surface area (Å²) in [5.41, 5.74) is 2.03. The molecule has 0 bridgehead atoms. The molecule has 1 amide bonds. The monoisotopic (exact) mass is 438 g/mol. The van der Waals surface area contributed by atoms with E-state index in [2.05, 4.69) is 10.3 Å². The van der Waals surface area contributed by atoms with E-state index in [1.54, 1.807) is 20.8 Å². The zero-order valence-electron chi connectivity index (χ0n) is 18.9. The van der Waals surface area contributed by atoms with Crippen molar-refractivity contribution in [3.63, 3.8) is 0 Å². The van der Waals surface area contributed by atoms with Crippen molar-refractivity contribution in [2.45, 2.75) is 52.4 Å². The summed E-state index contributed by atoms with van der Waals surface area (Å²) in [7, 11) is 0. The van der Waals surface area contributed by atoms with Crippen molar-refractivity contribution in [3.05, 3.63) is 71.6 Å². The second kappa shape index (κ2) is 10.3. The molecule has 1 aromatic heterocycles. The first kappa shape index (κ1) is 23.3. The largest absolute Gasteiger partial charge is 0.487 e. The van der Waals surface area contributed by atoms with E-state index in [-0.39, 0.29) is 6.61 Å². The molecule has 7 nitrogen and oxygen atoms in total. The second-order valence-corrected chi connectivity index (χ2v) is 8.55. The number of hydrogen-bond acceptors (Lipinski definition) is 6. The maximum atomic E-state index is 11.9. The third-order valence-electron chi connectivity index (χ3n) is 4.64. The fourth-order valence-electron chi connectivity index (χ4n) is 3.06. The Morgan fingerprint density at radius 3 is 2.44 bits per heavy atom. The molecule has 0 fully saturated rings. The number of aliphatic hydroxyl groups excluding tert-OH is 1. The summed E-state index contributed by atoms with van der Waals surface area (Å²) in [6.45, 7) is 7.36. The summed E-state index contributed by atoms with van der Waals surface area (Å²) in [6, 6.07) is 16.8. The van der Waals surface area contributed by atoms with Gasteiger partial charge in [-0.2, -0.15) is 0 Å². The molecule has 0 saturated carbocycles. The number of aromatic nitrogens is 1. The molecule has 0 unspecified atom stereocenters. The molecule has 7 heteroatoms. The lowest BCUT2D eigenvalue weighted by Gasteiger charge is -2.22. The molecular weight excluding hydrogens is 408 g/mol. The van der Waals surface area contributed by atoms with Crippen LogP contribution in [0.1, 0.15) is 37.8 Å². The number of benzene rings is 2. The Kier molecular flexibility index (Phi) is 7.53. The molecule has 1 heterocycles. The molecule has 170 valence electrons. The number of oxazole rings is 1. The summed E-state index contributed by atoms with van der Waals surface area (Å²) >= 11 is 0. The molecule has 0 spiro atoms. The minimum Gasteiger partial charge on any atom is -0.487 e. The van der Waals surface area contributed by atoms with Gasteiger partial charge in [0.2, 0.25) is 5.89 Å². The molecule has 3 rings (SSSR count). The predicted octanol–water partition coefficient (Wildman–Crippen LogP) is 4.66. The van der Waals surface area contributed by atoms with Gasteiger partial charge in [0, 0.05) is 5.56 Å². The highest BCUT2D eigenvalue weighted by Crippen LogP contribution is 2.23. The first-order chi connectivity index (χ1) is 15.2. The van der Waals surface area contributed by atoms with Crippen LogP contribution >= 0.6 is 0 Å². The summed E-state index contributed by atoms with van der Waals surface area (Å²) in [5.74, 6) is 1.99. The number of aryl methyl sites for hydroxylation is 1. The molecule has 0 aliphatic carbocycles. The maximum Gasteiger partial charge on any atom is 0.407 e. The molecule has 2 N–H and O–H groups in total. The zero-order valence-corrected chi connectivity index (χ0v) is 18.9. The lowest BCUT2D eigenvalue weighted by atomic mass is 10.1. The standard InChI is InChI=1S/C25H30N2O5/c1-17-22(27-23(31-17)19-8-6-5-7-9-19)16-30-21-12-10-18(11-13-21)14-20(15-28)26-24(29)32-25(2,3)4/h5-13,20,28H,14-16H2,1-4H3,(H,26,29)/t20-/m0/s1. The van der Waals surface area contributed by atoms with Gasteiger partial charge in [-0.15, -0.1) is 0 Å². The van der Waals surface area contributed by atoms with Crippen LogP contribution < -0.4 is 10.1 Å². The Hall–Kier alpha value is -3.32. The molecule has 0 saturated heterocycles. The van der Waals surface area contributed by atoms with Crippen LogP contribution in [0.2, 0.25) is 0 Å². The number of rotatable bonds is 8. The quantitative estimate of drug-likeness (QED) is 0.531. The van der Waals surface area contributed by atoms with E-state index in [9.17, 15) is 9.90 Å². The van der Waals surface area contributed by atoms with Gasteiger partial charge in [-0.05, 0) is 63.9 Å². The SMILES string of the molecule is Cc1oc(-c2ccccc2)nc1COc1ccc(C[C@@H](CO)NC(=O)OC(C)(C)C)cc1. The van der Waals surface area contributed by atoms with E-state index in [0.29, 0.717) is 24.7 Å².